The van der Waals surface area contributed by atoms with E-state index in [1.165, 1.54) is 0 Å². The molecule has 1 aromatic rings. The van der Waals surface area contributed by atoms with Crippen molar-refractivity contribution < 1.29 is 0 Å². The van der Waals surface area contributed by atoms with E-state index in [0.29, 0.717) is 5.25 Å². The predicted molar refractivity (Wildman–Crippen MR) is 69.5 cm³/mol. The Hall–Kier alpha value is -0.980. The lowest BCUT2D eigenvalue weighted by atomic mass is 10.1. The van der Waals surface area contributed by atoms with Crippen molar-refractivity contribution in [3.63, 3.8) is 0 Å². The molecular weight excluding hydrogens is 216 g/mol. The van der Waals surface area contributed by atoms with Gasteiger partial charge in [-0.05, 0) is 31.2 Å². The zero-order valence-electron chi connectivity index (χ0n) is 10.1. The summed E-state index contributed by atoms with van der Waals surface area (Å²) in [6, 6.07) is 8.39. The van der Waals surface area contributed by atoms with Gasteiger partial charge in [-0.2, -0.15) is 5.26 Å². The van der Waals surface area contributed by atoms with Crippen LogP contribution in [0.4, 0.5) is 0 Å². The van der Waals surface area contributed by atoms with Crippen LogP contribution in [-0.4, -0.2) is 12.3 Å². The van der Waals surface area contributed by atoms with Crippen LogP contribution in [-0.2, 0) is 6.54 Å². The first kappa shape index (κ1) is 13.1. The Kier molecular flexibility index (Phi) is 5.37. The molecule has 1 aromatic carbocycles. The fourth-order valence-corrected chi connectivity index (χ4v) is 2.36. The zero-order chi connectivity index (χ0) is 12.0. The minimum Gasteiger partial charge on any atom is -0.316 e. The fraction of sp³-hybridized carbons (Fsp3) is 0.462. The van der Waals surface area contributed by atoms with Gasteiger partial charge in [-0.15, -0.1) is 11.8 Å². The molecule has 0 bridgehead atoms. The number of nitrogens with zero attached hydrogens (tertiary/aromatic N) is 1. The minimum atomic E-state index is 0.558. The molecule has 3 heteroatoms. The summed E-state index contributed by atoms with van der Waals surface area (Å²) in [4.78, 5) is 1.09. The van der Waals surface area contributed by atoms with E-state index in [-0.39, 0.29) is 0 Å². The first-order chi connectivity index (χ1) is 7.71. The Morgan fingerprint density at radius 3 is 2.81 bits per heavy atom. The van der Waals surface area contributed by atoms with Gasteiger partial charge >= 0.3 is 0 Å². The van der Waals surface area contributed by atoms with Crippen molar-refractivity contribution in [2.24, 2.45) is 0 Å². The molecule has 16 heavy (non-hydrogen) atoms. The van der Waals surface area contributed by atoms with Crippen molar-refractivity contribution in [2.75, 3.05) is 7.05 Å². The maximum Gasteiger partial charge on any atom is 0.100 e. The molecular formula is C13H18N2S. The van der Waals surface area contributed by atoms with Crippen LogP contribution in [0.1, 0.15) is 31.4 Å². The van der Waals surface area contributed by atoms with Gasteiger partial charge in [0.2, 0.25) is 0 Å². The van der Waals surface area contributed by atoms with E-state index in [9.17, 15) is 0 Å². The second-order valence-electron chi connectivity index (χ2n) is 3.81. The molecule has 0 aliphatic carbocycles. The Morgan fingerprint density at radius 2 is 2.25 bits per heavy atom. The van der Waals surface area contributed by atoms with Gasteiger partial charge in [-0.1, -0.05) is 19.9 Å². The van der Waals surface area contributed by atoms with Gasteiger partial charge < -0.3 is 5.32 Å². The summed E-state index contributed by atoms with van der Waals surface area (Å²) in [7, 11) is 1.91. The van der Waals surface area contributed by atoms with E-state index in [0.717, 1.165) is 29.0 Å². The van der Waals surface area contributed by atoms with Crippen molar-refractivity contribution in [3.8, 4) is 6.07 Å². The molecule has 0 radical (unpaired) electrons. The summed E-state index contributed by atoms with van der Waals surface area (Å²) < 4.78 is 0. The number of thioether (sulfide) groups is 1. The van der Waals surface area contributed by atoms with Crippen LogP contribution in [0.15, 0.2) is 23.1 Å². The van der Waals surface area contributed by atoms with E-state index < -0.39 is 0 Å². The number of nitrogens with one attached hydrogen (secondary N) is 1. The number of rotatable bonds is 5. The van der Waals surface area contributed by atoms with Gasteiger partial charge in [0, 0.05) is 16.7 Å². The maximum atomic E-state index is 9.11. The van der Waals surface area contributed by atoms with Crippen molar-refractivity contribution in [1.82, 2.24) is 5.32 Å². The first-order valence-electron chi connectivity index (χ1n) is 5.55. The molecule has 1 N–H and O–H groups in total. The summed E-state index contributed by atoms with van der Waals surface area (Å²) in [5.41, 5.74) is 1.95. The Bertz CT molecular complexity index is 382. The molecule has 0 saturated carbocycles. The van der Waals surface area contributed by atoms with Gasteiger partial charge in [0.1, 0.15) is 6.07 Å². The molecule has 0 aromatic heterocycles. The standard InChI is InChI=1S/C13H18N2S/c1-4-10(2)16-13-6-5-11(9-15-3)7-12(13)8-14/h5-7,10,15H,4,9H2,1-3H3. The van der Waals surface area contributed by atoms with Crippen LogP contribution in [0.2, 0.25) is 0 Å². The summed E-state index contributed by atoms with van der Waals surface area (Å²) in [6.45, 7) is 5.16. The van der Waals surface area contributed by atoms with Gasteiger partial charge in [0.05, 0.1) is 5.56 Å². The molecule has 0 heterocycles. The number of benzene rings is 1. The van der Waals surface area contributed by atoms with E-state index in [4.69, 9.17) is 5.26 Å². The lowest BCUT2D eigenvalue weighted by molar-refractivity contribution is 0.816. The van der Waals surface area contributed by atoms with E-state index in [2.05, 4.69) is 37.4 Å². The summed E-state index contributed by atoms with van der Waals surface area (Å²) >= 11 is 1.78. The summed E-state index contributed by atoms with van der Waals surface area (Å²) in [6.07, 6.45) is 1.12. The Labute approximate surface area is 102 Å². The predicted octanol–water partition coefficient (Wildman–Crippen LogP) is 3.17. The van der Waals surface area contributed by atoms with E-state index in [1.54, 1.807) is 11.8 Å². The average Bonchev–Trinajstić information content (AvgIpc) is 2.31. The summed E-state index contributed by atoms with van der Waals surface area (Å²) in [5, 5.41) is 12.8. The number of hydrogen-bond donors (Lipinski definition) is 1. The number of hydrogen-bond acceptors (Lipinski definition) is 3. The fourth-order valence-electron chi connectivity index (χ4n) is 1.38. The third-order valence-corrected chi connectivity index (χ3v) is 3.79. The number of nitriles is 1. The second kappa shape index (κ2) is 6.57. The SMILES string of the molecule is CCC(C)Sc1ccc(CNC)cc1C#N. The molecule has 1 rings (SSSR count). The molecule has 0 aliphatic heterocycles. The quantitative estimate of drug-likeness (QED) is 0.795. The van der Waals surface area contributed by atoms with E-state index in [1.807, 2.05) is 13.1 Å². The summed E-state index contributed by atoms with van der Waals surface area (Å²) in [5.74, 6) is 0. The monoisotopic (exact) mass is 234 g/mol. The first-order valence-corrected chi connectivity index (χ1v) is 6.43. The molecule has 2 nitrogen and oxygen atoms in total. The van der Waals surface area contributed by atoms with Crippen molar-refractivity contribution in [1.29, 1.82) is 5.26 Å². The third-order valence-electron chi connectivity index (χ3n) is 2.45. The highest BCUT2D eigenvalue weighted by Crippen LogP contribution is 2.28. The molecule has 0 spiro atoms. The maximum absolute atomic E-state index is 9.11. The second-order valence-corrected chi connectivity index (χ2v) is 5.29. The topological polar surface area (TPSA) is 35.8 Å². The van der Waals surface area contributed by atoms with Crippen molar-refractivity contribution in [2.45, 2.75) is 37.0 Å². The van der Waals surface area contributed by atoms with Crippen LogP contribution < -0.4 is 5.32 Å². The molecule has 0 aliphatic rings. The molecule has 0 amide bonds. The Balaban J connectivity index is 2.89. The van der Waals surface area contributed by atoms with Crippen LogP contribution in [0.3, 0.4) is 0 Å². The van der Waals surface area contributed by atoms with Crippen molar-refractivity contribution >= 4 is 11.8 Å². The highest BCUT2D eigenvalue weighted by molar-refractivity contribution is 8.00. The largest absolute Gasteiger partial charge is 0.316 e. The zero-order valence-corrected chi connectivity index (χ0v) is 10.9. The normalized spacial score (nSPS) is 12.1. The lowest BCUT2D eigenvalue weighted by Crippen LogP contribution is -2.05. The van der Waals surface area contributed by atoms with Crippen LogP contribution in [0.5, 0.6) is 0 Å². The van der Waals surface area contributed by atoms with Gasteiger partial charge in [-0.25, -0.2) is 0 Å². The van der Waals surface area contributed by atoms with Gasteiger partial charge in [0.25, 0.3) is 0 Å². The van der Waals surface area contributed by atoms with Crippen molar-refractivity contribution in [3.05, 3.63) is 29.3 Å². The van der Waals surface area contributed by atoms with E-state index >= 15 is 0 Å². The van der Waals surface area contributed by atoms with Crippen LogP contribution >= 0.6 is 11.8 Å². The smallest absolute Gasteiger partial charge is 0.100 e. The third kappa shape index (κ3) is 3.55. The highest BCUT2D eigenvalue weighted by atomic mass is 32.2. The molecule has 0 fully saturated rings. The van der Waals surface area contributed by atoms with Crippen LogP contribution in [0, 0.1) is 11.3 Å². The molecule has 0 saturated heterocycles. The molecule has 1 atom stereocenters. The molecule has 86 valence electrons. The van der Waals surface area contributed by atoms with Gasteiger partial charge in [0.15, 0.2) is 0 Å². The average molecular weight is 234 g/mol. The molecule has 1 unspecified atom stereocenters. The minimum absolute atomic E-state index is 0.558. The van der Waals surface area contributed by atoms with Crippen LogP contribution in [0.25, 0.3) is 0 Å². The Morgan fingerprint density at radius 1 is 1.50 bits per heavy atom. The highest BCUT2D eigenvalue weighted by Gasteiger charge is 2.07. The van der Waals surface area contributed by atoms with Gasteiger partial charge in [-0.3, -0.25) is 0 Å². The lowest BCUT2D eigenvalue weighted by Gasteiger charge is -2.10.